The van der Waals surface area contributed by atoms with Crippen LogP contribution >= 0.6 is 0 Å². The zero-order valence-electron chi connectivity index (χ0n) is 46.7. The van der Waals surface area contributed by atoms with Gasteiger partial charge in [-0.1, -0.05) is 133 Å². The quantitative estimate of drug-likeness (QED) is 0.142. The Kier molecular flexibility index (Phi) is 10.6. The molecular weight excluding hydrogens is 997 g/mol. The number of anilines is 6. The molecule has 4 nitrogen and oxygen atoms in total. The first-order valence-electron chi connectivity index (χ1n) is 28.5. The van der Waals surface area contributed by atoms with E-state index < -0.39 is 0 Å². The highest BCUT2D eigenvalue weighted by Gasteiger charge is 2.28. The minimum atomic E-state index is 0.866. The van der Waals surface area contributed by atoms with E-state index >= 15 is 0 Å². The summed E-state index contributed by atoms with van der Waals surface area (Å²) in [4.78, 5) is 5.02. The number of hydrogen-bond donors (Lipinski definition) is 0. The molecule has 0 amide bonds. The summed E-state index contributed by atoms with van der Waals surface area (Å²) >= 11 is 0. The van der Waals surface area contributed by atoms with Crippen molar-refractivity contribution >= 4 is 132 Å². The minimum absolute atomic E-state index is 0.866. The van der Waals surface area contributed by atoms with Crippen molar-refractivity contribution in [3.8, 4) is 22.3 Å². The molecule has 0 atom stereocenters. The highest BCUT2D eigenvalue weighted by atomic mass is 16.3. The van der Waals surface area contributed by atoms with Gasteiger partial charge in [-0.2, -0.15) is 0 Å². The Bertz CT molecular complexity index is 4950. The first-order chi connectivity index (χ1) is 40.1. The molecule has 14 aromatic carbocycles. The number of aryl methyl sites for hydroxylation is 4. The molecule has 0 aliphatic rings. The molecule has 0 aliphatic heterocycles. The third kappa shape index (κ3) is 7.38. The Morgan fingerprint density at radius 3 is 1.05 bits per heavy atom. The van der Waals surface area contributed by atoms with E-state index in [1.54, 1.807) is 0 Å². The van der Waals surface area contributed by atoms with Crippen LogP contribution in [0.25, 0.3) is 120 Å². The molecule has 0 spiro atoms. The summed E-state index contributed by atoms with van der Waals surface area (Å²) in [5.41, 5.74) is 22.2. The highest BCUT2D eigenvalue weighted by Crippen LogP contribution is 2.54. The third-order valence-corrected chi connectivity index (χ3v) is 18.0. The predicted molar refractivity (Wildman–Crippen MR) is 348 cm³/mol. The SMILES string of the molecule is Cc1cc(N(c2ccc3oc4ccccc4c3c2)c2cc(-c3ccc4ccccc4c3)c3ccc4c(N(c5cc(C)c(C)c(C)c5)c5ccc6oc7ccccc7c6c5)cc(-c5ccc6ccccc6c5)c5ccc2c3c54)cc(C)c1C. The Labute approximate surface area is 475 Å². The molecule has 0 bridgehead atoms. The Morgan fingerprint density at radius 2 is 0.622 bits per heavy atom. The van der Waals surface area contributed by atoms with E-state index in [0.717, 1.165) is 99.9 Å². The van der Waals surface area contributed by atoms with Crippen molar-refractivity contribution in [3.63, 3.8) is 0 Å². The maximum atomic E-state index is 6.51. The van der Waals surface area contributed by atoms with Crippen LogP contribution in [0.4, 0.5) is 34.1 Å². The van der Waals surface area contributed by atoms with Gasteiger partial charge in [0.05, 0.1) is 11.4 Å². The molecule has 390 valence electrons. The fourth-order valence-electron chi connectivity index (χ4n) is 13.4. The van der Waals surface area contributed by atoms with Gasteiger partial charge in [-0.05, 0) is 227 Å². The van der Waals surface area contributed by atoms with Crippen LogP contribution in [0, 0.1) is 41.5 Å². The maximum Gasteiger partial charge on any atom is 0.135 e. The number of fused-ring (bicyclic) bond motifs is 8. The molecule has 82 heavy (non-hydrogen) atoms. The number of furan rings is 2. The molecular formula is C78H56N2O2. The Morgan fingerprint density at radius 1 is 0.256 bits per heavy atom. The van der Waals surface area contributed by atoms with Gasteiger partial charge in [0, 0.05) is 65.8 Å². The van der Waals surface area contributed by atoms with Crippen molar-refractivity contribution in [3.05, 3.63) is 264 Å². The van der Waals surface area contributed by atoms with Crippen molar-refractivity contribution in [2.24, 2.45) is 0 Å². The first-order valence-corrected chi connectivity index (χ1v) is 28.5. The molecule has 0 radical (unpaired) electrons. The van der Waals surface area contributed by atoms with Gasteiger partial charge in [-0.25, -0.2) is 0 Å². The number of rotatable bonds is 8. The third-order valence-electron chi connectivity index (χ3n) is 18.0. The summed E-state index contributed by atoms with van der Waals surface area (Å²) in [5.74, 6) is 0. The van der Waals surface area contributed by atoms with E-state index in [0.29, 0.717) is 0 Å². The monoisotopic (exact) mass is 1050 g/mol. The number of para-hydroxylation sites is 2. The van der Waals surface area contributed by atoms with Crippen molar-refractivity contribution in [1.82, 2.24) is 0 Å². The van der Waals surface area contributed by atoms with E-state index in [1.807, 2.05) is 12.1 Å². The molecule has 0 saturated carbocycles. The van der Waals surface area contributed by atoms with Crippen LogP contribution < -0.4 is 9.80 Å². The summed E-state index contributed by atoms with van der Waals surface area (Å²) in [6, 6.07) is 85.6. The smallest absolute Gasteiger partial charge is 0.135 e. The van der Waals surface area contributed by atoms with E-state index in [9.17, 15) is 0 Å². The van der Waals surface area contributed by atoms with Gasteiger partial charge >= 0.3 is 0 Å². The van der Waals surface area contributed by atoms with Crippen molar-refractivity contribution in [2.75, 3.05) is 9.80 Å². The van der Waals surface area contributed by atoms with Crippen LogP contribution in [0.2, 0.25) is 0 Å². The van der Waals surface area contributed by atoms with E-state index in [1.165, 1.54) is 87.6 Å². The largest absolute Gasteiger partial charge is 0.456 e. The Balaban J connectivity index is 1.07. The summed E-state index contributed by atoms with van der Waals surface area (Å²) in [5, 5.41) is 16.3. The van der Waals surface area contributed by atoms with Crippen molar-refractivity contribution in [1.29, 1.82) is 0 Å². The van der Waals surface area contributed by atoms with Gasteiger partial charge in [-0.15, -0.1) is 0 Å². The number of hydrogen-bond acceptors (Lipinski definition) is 4. The second-order valence-electron chi connectivity index (χ2n) is 22.7. The van der Waals surface area contributed by atoms with Crippen LogP contribution in [0.5, 0.6) is 0 Å². The molecule has 0 unspecified atom stereocenters. The normalized spacial score (nSPS) is 12.0. The predicted octanol–water partition coefficient (Wildman–Crippen LogP) is 22.8. The van der Waals surface area contributed by atoms with Crippen LogP contribution in [0.1, 0.15) is 33.4 Å². The lowest BCUT2D eigenvalue weighted by Gasteiger charge is -2.32. The summed E-state index contributed by atoms with van der Waals surface area (Å²) < 4.78 is 13.0. The lowest BCUT2D eigenvalue weighted by Crippen LogP contribution is -2.13. The van der Waals surface area contributed by atoms with Gasteiger partial charge in [-0.3, -0.25) is 0 Å². The van der Waals surface area contributed by atoms with Crippen LogP contribution in [0.15, 0.2) is 239 Å². The van der Waals surface area contributed by atoms with E-state index in [4.69, 9.17) is 8.83 Å². The molecule has 0 N–H and O–H groups in total. The second-order valence-corrected chi connectivity index (χ2v) is 22.7. The van der Waals surface area contributed by atoms with Crippen molar-refractivity contribution in [2.45, 2.75) is 41.5 Å². The molecule has 0 aliphatic carbocycles. The van der Waals surface area contributed by atoms with Crippen LogP contribution in [-0.4, -0.2) is 0 Å². The van der Waals surface area contributed by atoms with Gasteiger partial charge in [0.1, 0.15) is 22.3 Å². The van der Waals surface area contributed by atoms with Gasteiger partial charge < -0.3 is 18.6 Å². The lowest BCUT2D eigenvalue weighted by atomic mass is 9.84. The maximum absolute atomic E-state index is 6.51. The van der Waals surface area contributed by atoms with Gasteiger partial charge in [0.2, 0.25) is 0 Å². The van der Waals surface area contributed by atoms with Crippen LogP contribution in [0.3, 0.4) is 0 Å². The number of benzene rings is 14. The zero-order chi connectivity index (χ0) is 55.1. The van der Waals surface area contributed by atoms with Crippen molar-refractivity contribution < 1.29 is 8.83 Å². The minimum Gasteiger partial charge on any atom is -0.456 e. The highest BCUT2D eigenvalue weighted by molar-refractivity contribution is 6.33. The van der Waals surface area contributed by atoms with E-state index in [2.05, 4.69) is 270 Å². The molecule has 16 rings (SSSR count). The topological polar surface area (TPSA) is 32.8 Å². The molecule has 2 aromatic heterocycles. The fraction of sp³-hybridized carbons (Fsp3) is 0.0769. The van der Waals surface area contributed by atoms with E-state index in [-0.39, 0.29) is 0 Å². The zero-order valence-corrected chi connectivity index (χ0v) is 46.7. The van der Waals surface area contributed by atoms with Gasteiger partial charge in [0.15, 0.2) is 0 Å². The average Bonchev–Trinajstić information content (AvgIpc) is 2.03. The summed E-state index contributed by atoms with van der Waals surface area (Å²) in [6.07, 6.45) is 0. The second kappa shape index (κ2) is 18.2. The molecule has 0 saturated heterocycles. The number of nitrogens with zero attached hydrogens (tertiary/aromatic N) is 2. The molecule has 16 aromatic rings. The Hall–Kier alpha value is -10.2. The lowest BCUT2D eigenvalue weighted by molar-refractivity contribution is 0.668. The summed E-state index contributed by atoms with van der Waals surface area (Å²) in [6.45, 7) is 13.4. The average molecular weight is 1050 g/mol. The molecule has 2 heterocycles. The first kappa shape index (κ1) is 47.8. The standard InChI is InChI=1S/C78H56N2O2/c1-45-35-59(36-46(2)49(45)5)79(57-27-33-75-69(41-57)61-19-11-13-21-73(61)81-75)71-43-67(55-25-23-51-15-7-9-17-53(51)39-55)63-30-32-66-72(44-68(64-29-31-65(71)77(63)78(64)66)56-26-24-52-16-8-10-18-54(52)40-56)80(60-37-47(3)50(6)48(4)38-60)58-28-34-76-70(42-58)62-20-12-14-22-74(62)82-76/h7-44H,1-6H3. The van der Waals surface area contributed by atoms with Crippen LogP contribution in [-0.2, 0) is 0 Å². The molecule has 0 fully saturated rings. The fourth-order valence-corrected chi connectivity index (χ4v) is 13.4. The van der Waals surface area contributed by atoms with Gasteiger partial charge in [0.25, 0.3) is 0 Å². The molecule has 4 heteroatoms. The summed E-state index contributed by atoms with van der Waals surface area (Å²) in [7, 11) is 0.